The Morgan fingerprint density at radius 3 is 2.73 bits per heavy atom. The molecule has 118 valence electrons. The molecule has 1 amide bonds. The molecule has 0 fully saturated rings. The molecule has 0 aliphatic heterocycles. The highest BCUT2D eigenvalue weighted by Crippen LogP contribution is 2.18. The van der Waals surface area contributed by atoms with E-state index in [1.165, 1.54) is 0 Å². The van der Waals surface area contributed by atoms with E-state index in [9.17, 15) is 13.2 Å². The van der Waals surface area contributed by atoms with Gasteiger partial charge in [-0.25, -0.2) is 8.42 Å². The first-order valence-electron chi connectivity index (χ1n) is 6.53. The predicted octanol–water partition coefficient (Wildman–Crippen LogP) is 2.58. The van der Waals surface area contributed by atoms with Crippen LogP contribution in [0.5, 0.6) is 0 Å². The van der Waals surface area contributed by atoms with Crippen LogP contribution in [-0.2, 0) is 20.4 Å². The van der Waals surface area contributed by atoms with E-state index in [0.29, 0.717) is 16.3 Å². The number of rotatable bonds is 6. The molecule has 2 rings (SSSR count). The second-order valence-electron chi connectivity index (χ2n) is 4.80. The summed E-state index contributed by atoms with van der Waals surface area (Å²) in [5.74, 6) is -0.0622. The van der Waals surface area contributed by atoms with E-state index in [-0.39, 0.29) is 23.7 Å². The molecule has 0 aliphatic rings. The summed E-state index contributed by atoms with van der Waals surface area (Å²) in [4.78, 5) is 11.7. The first kappa shape index (κ1) is 16.5. The summed E-state index contributed by atoms with van der Waals surface area (Å²) in [6.45, 7) is 1.69. The lowest BCUT2D eigenvalue weighted by Crippen LogP contribution is -2.18. The number of carbonyl (C=O) groups is 1. The number of carbonyl (C=O) groups excluding carboxylic acids is 1. The fraction of sp³-hybridized carbons (Fsp3) is 0.286. The third-order valence-electron chi connectivity index (χ3n) is 2.87. The van der Waals surface area contributed by atoms with Gasteiger partial charge in [0.25, 0.3) is 0 Å². The number of hydrogen-bond donors (Lipinski definition) is 1. The number of nitrogens with one attached hydrogen (secondary N) is 1. The van der Waals surface area contributed by atoms with Gasteiger partial charge < -0.3 is 9.84 Å². The van der Waals surface area contributed by atoms with Crippen LogP contribution in [-0.4, -0.2) is 25.2 Å². The van der Waals surface area contributed by atoms with Crippen molar-refractivity contribution in [2.75, 3.05) is 11.1 Å². The van der Waals surface area contributed by atoms with Crippen LogP contribution in [0.25, 0.3) is 0 Å². The lowest BCUT2D eigenvalue weighted by molar-refractivity contribution is -0.115. The maximum Gasteiger partial charge on any atom is 0.226 e. The topological polar surface area (TPSA) is 89.3 Å². The Balaban J connectivity index is 1.89. The predicted molar refractivity (Wildman–Crippen MR) is 83.4 cm³/mol. The van der Waals surface area contributed by atoms with E-state index >= 15 is 0 Å². The van der Waals surface area contributed by atoms with Crippen molar-refractivity contribution in [2.24, 2.45) is 0 Å². The summed E-state index contributed by atoms with van der Waals surface area (Å²) in [7, 11) is -3.43. The van der Waals surface area contributed by atoms with Gasteiger partial charge in [0.15, 0.2) is 15.7 Å². The minimum atomic E-state index is -3.43. The van der Waals surface area contributed by atoms with Crippen LogP contribution < -0.4 is 5.32 Å². The van der Waals surface area contributed by atoms with Crippen LogP contribution in [0.1, 0.15) is 17.7 Å². The number of sulfone groups is 1. The minimum absolute atomic E-state index is 0.154. The normalized spacial score (nSPS) is 11.4. The Morgan fingerprint density at radius 2 is 2.09 bits per heavy atom. The summed E-state index contributed by atoms with van der Waals surface area (Å²) in [6.07, 6.45) is -0.154. The van der Waals surface area contributed by atoms with Crippen molar-refractivity contribution in [1.29, 1.82) is 0 Å². The monoisotopic (exact) mass is 342 g/mol. The van der Waals surface area contributed by atoms with Gasteiger partial charge >= 0.3 is 0 Å². The van der Waals surface area contributed by atoms with Crippen LogP contribution in [0.15, 0.2) is 34.9 Å². The van der Waals surface area contributed by atoms with Crippen molar-refractivity contribution in [3.05, 3.63) is 46.7 Å². The minimum Gasteiger partial charge on any atom is -0.360 e. The lowest BCUT2D eigenvalue weighted by atomic mass is 10.2. The third-order valence-corrected chi connectivity index (χ3v) is 4.81. The van der Waals surface area contributed by atoms with Crippen LogP contribution in [0, 0.1) is 6.92 Å². The highest BCUT2D eigenvalue weighted by molar-refractivity contribution is 7.90. The maximum absolute atomic E-state index is 12.0. The fourth-order valence-electron chi connectivity index (χ4n) is 1.80. The first-order valence-corrected chi connectivity index (χ1v) is 8.73. The third kappa shape index (κ3) is 4.85. The number of amides is 1. The number of nitrogens with zero attached hydrogens (tertiary/aromatic N) is 1. The number of anilines is 1. The van der Waals surface area contributed by atoms with Gasteiger partial charge in [-0.15, -0.1) is 0 Å². The molecule has 1 aromatic carbocycles. The number of hydrogen-bond acceptors (Lipinski definition) is 5. The summed E-state index contributed by atoms with van der Waals surface area (Å²) in [5.41, 5.74) is 0.525. The van der Waals surface area contributed by atoms with Crippen molar-refractivity contribution in [3.8, 4) is 0 Å². The molecule has 0 bridgehead atoms. The van der Waals surface area contributed by atoms with Crippen LogP contribution in [0.4, 0.5) is 5.82 Å². The maximum atomic E-state index is 12.0. The van der Waals surface area contributed by atoms with Crippen molar-refractivity contribution in [3.63, 3.8) is 0 Å². The van der Waals surface area contributed by atoms with Crippen molar-refractivity contribution in [2.45, 2.75) is 19.1 Å². The quantitative estimate of drug-likeness (QED) is 0.871. The molecule has 0 spiro atoms. The van der Waals surface area contributed by atoms with E-state index in [1.54, 1.807) is 37.3 Å². The summed E-state index contributed by atoms with van der Waals surface area (Å²) in [6, 6.07) is 8.28. The molecule has 22 heavy (non-hydrogen) atoms. The van der Waals surface area contributed by atoms with Gasteiger partial charge in [0, 0.05) is 17.5 Å². The molecule has 0 aliphatic carbocycles. The molecule has 0 saturated carbocycles. The molecule has 0 unspecified atom stereocenters. The zero-order valence-corrected chi connectivity index (χ0v) is 13.4. The summed E-state index contributed by atoms with van der Waals surface area (Å²) >= 11 is 5.94. The molecule has 0 saturated heterocycles. The van der Waals surface area contributed by atoms with E-state index in [4.69, 9.17) is 16.1 Å². The van der Waals surface area contributed by atoms with E-state index in [1.807, 2.05) is 0 Å². The molecule has 0 radical (unpaired) electrons. The van der Waals surface area contributed by atoms with Crippen LogP contribution >= 0.6 is 11.6 Å². The Hall–Kier alpha value is -1.86. The number of benzene rings is 1. The van der Waals surface area contributed by atoms with Gasteiger partial charge in [0.2, 0.25) is 5.91 Å². The Morgan fingerprint density at radius 1 is 1.36 bits per heavy atom. The molecule has 6 nitrogen and oxygen atoms in total. The zero-order valence-electron chi connectivity index (χ0n) is 11.9. The van der Waals surface area contributed by atoms with E-state index in [2.05, 4.69) is 10.5 Å². The van der Waals surface area contributed by atoms with Crippen LogP contribution in [0.3, 0.4) is 0 Å². The van der Waals surface area contributed by atoms with Gasteiger partial charge in [-0.2, -0.15) is 0 Å². The Labute approximate surface area is 133 Å². The molecule has 1 N–H and O–H groups in total. The largest absolute Gasteiger partial charge is 0.360 e. The van der Waals surface area contributed by atoms with E-state index in [0.717, 1.165) is 0 Å². The second-order valence-corrected chi connectivity index (χ2v) is 7.40. The van der Waals surface area contributed by atoms with Crippen molar-refractivity contribution < 1.29 is 17.7 Å². The molecule has 2 aromatic rings. The molecule has 1 heterocycles. The second kappa shape index (κ2) is 6.93. The molecular formula is C14H15ClN2O4S. The molecule has 0 atom stereocenters. The standard InChI is InChI=1S/C14H15ClN2O4S/c1-10-8-13(17-21-10)16-14(18)6-7-22(19,20)9-11-4-2-3-5-12(11)15/h2-5,8H,6-7,9H2,1H3,(H,16,17,18). The SMILES string of the molecule is Cc1cc(NC(=O)CCS(=O)(=O)Cc2ccccc2Cl)no1. The number of halogens is 1. The fourth-order valence-corrected chi connectivity index (χ4v) is 3.45. The molecule has 1 aromatic heterocycles. The van der Waals surface area contributed by atoms with Gasteiger partial charge in [0.05, 0.1) is 11.5 Å². The number of aromatic nitrogens is 1. The van der Waals surface area contributed by atoms with Gasteiger partial charge in [0.1, 0.15) is 5.76 Å². The highest BCUT2D eigenvalue weighted by Gasteiger charge is 2.16. The molecular weight excluding hydrogens is 328 g/mol. The average molecular weight is 343 g/mol. The number of aryl methyl sites for hydroxylation is 1. The highest BCUT2D eigenvalue weighted by atomic mass is 35.5. The van der Waals surface area contributed by atoms with Crippen molar-refractivity contribution >= 4 is 33.2 Å². The van der Waals surface area contributed by atoms with Crippen LogP contribution in [0.2, 0.25) is 5.02 Å². The summed E-state index contributed by atoms with van der Waals surface area (Å²) in [5, 5.41) is 6.48. The van der Waals surface area contributed by atoms with Gasteiger partial charge in [-0.3, -0.25) is 4.79 Å². The Kier molecular flexibility index (Phi) is 5.20. The van der Waals surface area contributed by atoms with Gasteiger partial charge in [-0.05, 0) is 18.6 Å². The van der Waals surface area contributed by atoms with E-state index < -0.39 is 15.7 Å². The summed E-state index contributed by atoms with van der Waals surface area (Å²) < 4.78 is 28.9. The smallest absolute Gasteiger partial charge is 0.226 e. The molecule has 8 heteroatoms. The Bertz CT molecular complexity index is 771. The zero-order chi connectivity index (χ0) is 16.2. The average Bonchev–Trinajstić information content (AvgIpc) is 2.84. The van der Waals surface area contributed by atoms with Gasteiger partial charge in [-0.1, -0.05) is 35.0 Å². The van der Waals surface area contributed by atoms with Crippen molar-refractivity contribution in [1.82, 2.24) is 5.16 Å². The first-order chi connectivity index (χ1) is 10.4. The lowest BCUT2D eigenvalue weighted by Gasteiger charge is -2.06.